The van der Waals surface area contributed by atoms with E-state index in [-0.39, 0.29) is 19.1 Å². The lowest BCUT2D eigenvalue weighted by molar-refractivity contribution is -0.130. The van der Waals surface area contributed by atoms with Crippen LogP contribution in [0.3, 0.4) is 0 Å². The van der Waals surface area contributed by atoms with Crippen molar-refractivity contribution in [3.63, 3.8) is 0 Å². The molecule has 0 aromatic heterocycles. The molecule has 0 spiro atoms. The lowest BCUT2D eigenvalue weighted by Gasteiger charge is -2.14. The van der Waals surface area contributed by atoms with Crippen molar-refractivity contribution in [2.45, 2.75) is 13.5 Å². The van der Waals surface area contributed by atoms with Crippen LogP contribution in [0, 0.1) is 0 Å². The van der Waals surface area contributed by atoms with Gasteiger partial charge < -0.3 is 19.5 Å². The molecule has 0 unspecified atom stereocenters. The van der Waals surface area contributed by atoms with Gasteiger partial charge in [-0.05, 0) is 24.6 Å². The van der Waals surface area contributed by atoms with Gasteiger partial charge in [0.25, 0.3) is 5.91 Å². The monoisotopic (exact) mass is 253 g/mol. The molecule has 0 atom stereocenters. The molecular formula is C13H19NO4. The van der Waals surface area contributed by atoms with Crippen LogP contribution in [0.1, 0.15) is 12.5 Å². The zero-order valence-electron chi connectivity index (χ0n) is 11.0. The Kier molecular flexibility index (Phi) is 5.45. The molecule has 0 aliphatic rings. The summed E-state index contributed by atoms with van der Waals surface area (Å²) >= 11 is 0. The Bertz CT molecular complexity index is 404. The molecule has 0 heterocycles. The Balaban J connectivity index is 2.77. The van der Waals surface area contributed by atoms with E-state index in [1.807, 2.05) is 6.92 Å². The first-order valence-electron chi connectivity index (χ1n) is 5.78. The number of hydrogen-bond acceptors (Lipinski definition) is 4. The summed E-state index contributed by atoms with van der Waals surface area (Å²) in [6, 6.07) is 5.14. The number of nitrogens with zero attached hydrogens (tertiary/aromatic N) is 1. The molecule has 0 radical (unpaired) electrons. The molecule has 0 aliphatic heterocycles. The molecule has 0 saturated heterocycles. The number of aliphatic hydroxyl groups excluding tert-OH is 1. The van der Waals surface area contributed by atoms with E-state index in [0.29, 0.717) is 18.1 Å². The van der Waals surface area contributed by atoms with Gasteiger partial charge in [0.05, 0.1) is 13.2 Å². The first kappa shape index (κ1) is 14.3. The van der Waals surface area contributed by atoms with Crippen LogP contribution in [0.4, 0.5) is 0 Å². The second-order valence-electron chi connectivity index (χ2n) is 3.95. The summed E-state index contributed by atoms with van der Waals surface area (Å²) in [6.45, 7) is 2.26. The van der Waals surface area contributed by atoms with Crippen molar-refractivity contribution >= 4 is 5.91 Å². The third-order valence-electron chi connectivity index (χ3n) is 2.34. The maximum absolute atomic E-state index is 11.4. The number of aliphatic hydroxyl groups is 1. The van der Waals surface area contributed by atoms with E-state index >= 15 is 0 Å². The van der Waals surface area contributed by atoms with Crippen LogP contribution in [0.2, 0.25) is 0 Å². The highest BCUT2D eigenvalue weighted by molar-refractivity contribution is 5.77. The van der Waals surface area contributed by atoms with Crippen molar-refractivity contribution in [3.8, 4) is 11.5 Å². The number of ether oxygens (including phenoxy) is 2. The number of likely N-dealkylation sites (N-methyl/N-ethyl adjacent to an activating group) is 1. The summed E-state index contributed by atoms with van der Waals surface area (Å²) in [6.07, 6.45) is 0. The Morgan fingerprint density at radius 3 is 2.56 bits per heavy atom. The molecule has 0 saturated carbocycles. The molecule has 100 valence electrons. The summed E-state index contributed by atoms with van der Waals surface area (Å²) in [5.74, 6) is 0.920. The van der Waals surface area contributed by atoms with E-state index in [1.54, 1.807) is 32.3 Å². The largest absolute Gasteiger partial charge is 0.490 e. The third-order valence-corrected chi connectivity index (χ3v) is 2.34. The van der Waals surface area contributed by atoms with Gasteiger partial charge in [-0.1, -0.05) is 6.07 Å². The van der Waals surface area contributed by atoms with E-state index in [2.05, 4.69) is 0 Å². The maximum atomic E-state index is 11.4. The minimum atomic E-state index is -0.122. The summed E-state index contributed by atoms with van der Waals surface area (Å²) in [5, 5.41) is 9.05. The van der Waals surface area contributed by atoms with Crippen LogP contribution in [0.5, 0.6) is 11.5 Å². The molecule has 5 heteroatoms. The number of carbonyl (C=O) groups is 1. The maximum Gasteiger partial charge on any atom is 0.259 e. The average Bonchev–Trinajstić information content (AvgIpc) is 2.36. The molecule has 18 heavy (non-hydrogen) atoms. The lowest BCUT2D eigenvalue weighted by atomic mass is 10.2. The van der Waals surface area contributed by atoms with Crippen LogP contribution >= 0.6 is 0 Å². The van der Waals surface area contributed by atoms with E-state index in [9.17, 15) is 4.79 Å². The van der Waals surface area contributed by atoms with Crippen LogP contribution < -0.4 is 9.47 Å². The first-order chi connectivity index (χ1) is 8.58. The molecule has 1 rings (SSSR count). The van der Waals surface area contributed by atoms with Crippen molar-refractivity contribution in [1.82, 2.24) is 4.90 Å². The number of benzene rings is 1. The molecule has 0 aliphatic carbocycles. The predicted molar refractivity (Wildman–Crippen MR) is 67.7 cm³/mol. The van der Waals surface area contributed by atoms with E-state index < -0.39 is 0 Å². The number of carbonyl (C=O) groups excluding carboxylic acids is 1. The number of hydrogen-bond donors (Lipinski definition) is 1. The van der Waals surface area contributed by atoms with Crippen LogP contribution in [-0.4, -0.2) is 43.2 Å². The van der Waals surface area contributed by atoms with Gasteiger partial charge in [0.1, 0.15) is 0 Å². The zero-order chi connectivity index (χ0) is 13.5. The molecule has 1 aromatic rings. The van der Waals surface area contributed by atoms with Crippen LogP contribution in [0.15, 0.2) is 18.2 Å². The van der Waals surface area contributed by atoms with Crippen molar-refractivity contribution < 1.29 is 19.4 Å². The van der Waals surface area contributed by atoms with Gasteiger partial charge in [0.15, 0.2) is 18.1 Å². The van der Waals surface area contributed by atoms with Crippen LogP contribution in [-0.2, 0) is 11.4 Å². The van der Waals surface area contributed by atoms with Gasteiger partial charge >= 0.3 is 0 Å². The minimum absolute atomic E-state index is 0.0362. The van der Waals surface area contributed by atoms with Gasteiger partial charge in [0.2, 0.25) is 0 Å². The summed E-state index contributed by atoms with van der Waals surface area (Å²) < 4.78 is 10.8. The van der Waals surface area contributed by atoms with Gasteiger partial charge in [0, 0.05) is 14.1 Å². The highest BCUT2D eigenvalue weighted by Crippen LogP contribution is 2.28. The molecule has 0 fully saturated rings. The zero-order valence-corrected chi connectivity index (χ0v) is 11.0. The lowest BCUT2D eigenvalue weighted by Crippen LogP contribution is -2.27. The smallest absolute Gasteiger partial charge is 0.259 e. The number of rotatable bonds is 6. The Hall–Kier alpha value is -1.75. The Labute approximate surface area is 107 Å². The fourth-order valence-corrected chi connectivity index (χ4v) is 1.31. The Morgan fingerprint density at radius 2 is 2.00 bits per heavy atom. The fourth-order valence-electron chi connectivity index (χ4n) is 1.31. The molecule has 5 nitrogen and oxygen atoms in total. The first-order valence-corrected chi connectivity index (χ1v) is 5.78. The van der Waals surface area contributed by atoms with Crippen molar-refractivity contribution in [3.05, 3.63) is 23.8 Å². The molecular weight excluding hydrogens is 234 g/mol. The molecule has 1 N–H and O–H groups in total. The predicted octanol–water partition coefficient (Wildman–Crippen LogP) is 1.04. The highest BCUT2D eigenvalue weighted by Gasteiger charge is 2.10. The normalized spacial score (nSPS) is 10.0. The topological polar surface area (TPSA) is 59.0 Å². The summed E-state index contributed by atoms with van der Waals surface area (Å²) in [5.41, 5.74) is 0.740. The van der Waals surface area contributed by atoms with Crippen molar-refractivity contribution in [2.75, 3.05) is 27.3 Å². The van der Waals surface area contributed by atoms with Gasteiger partial charge in [-0.15, -0.1) is 0 Å². The molecule has 1 aromatic carbocycles. The average molecular weight is 253 g/mol. The Morgan fingerprint density at radius 1 is 1.28 bits per heavy atom. The molecule has 0 bridgehead atoms. The van der Waals surface area contributed by atoms with Crippen LogP contribution in [0.25, 0.3) is 0 Å². The van der Waals surface area contributed by atoms with Gasteiger partial charge in [-0.3, -0.25) is 4.79 Å². The SMILES string of the molecule is CCOc1cc(CO)ccc1OCC(=O)N(C)C. The summed E-state index contributed by atoms with van der Waals surface area (Å²) in [7, 11) is 3.34. The second kappa shape index (κ2) is 6.86. The van der Waals surface area contributed by atoms with Gasteiger partial charge in [-0.2, -0.15) is 0 Å². The summed E-state index contributed by atoms with van der Waals surface area (Å²) in [4.78, 5) is 12.9. The molecule has 1 amide bonds. The highest BCUT2D eigenvalue weighted by atomic mass is 16.5. The van der Waals surface area contributed by atoms with E-state index in [1.165, 1.54) is 4.90 Å². The van der Waals surface area contributed by atoms with E-state index in [4.69, 9.17) is 14.6 Å². The third kappa shape index (κ3) is 3.92. The minimum Gasteiger partial charge on any atom is -0.490 e. The quantitative estimate of drug-likeness (QED) is 0.823. The standard InChI is InChI=1S/C13H19NO4/c1-4-17-12-7-10(8-15)5-6-11(12)18-9-13(16)14(2)3/h5-7,15H,4,8-9H2,1-3H3. The van der Waals surface area contributed by atoms with Gasteiger partial charge in [-0.25, -0.2) is 0 Å². The van der Waals surface area contributed by atoms with Crippen molar-refractivity contribution in [2.24, 2.45) is 0 Å². The fraction of sp³-hybridized carbons (Fsp3) is 0.462. The van der Waals surface area contributed by atoms with Crippen molar-refractivity contribution in [1.29, 1.82) is 0 Å². The number of amides is 1. The van der Waals surface area contributed by atoms with E-state index in [0.717, 1.165) is 5.56 Å². The second-order valence-corrected chi connectivity index (χ2v) is 3.95.